The number of nitriles is 1. The van der Waals surface area contributed by atoms with Crippen LogP contribution in [0.5, 0.6) is 0 Å². The van der Waals surface area contributed by atoms with Crippen LogP contribution in [-0.2, 0) is 0 Å². The van der Waals surface area contributed by atoms with Crippen molar-refractivity contribution in [3.8, 4) is 17.5 Å². The summed E-state index contributed by atoms with van der Waals surface area (Å²) in [5.41, 5.74) is 2.30. The third kappa shape index (κ3) is 4.08. The molecule has 0 radical (unpaired) electrons. The molecule has 0 fully saturated rings. The highest BCUT2D eigenvalue weighted by Crippen LogP contribution is 2.32. The fourth-order valence-electron chi connectivity index (χ4n) is 2.59. The highest BCUT2D eigenvalue weighted by atomic mass is 35.5. The van der Waals surface area contributed by atoms with Crippen molar-refractivity contribution in [2.75, 3.05) is 5.32 Å². The standard InChI is InChI=1S/C19H15Cl3N4O2/c1-9-15(6-4-12(8-23)16(9)22)24-17(10(2)27)19-26-25-18(28-19)11-3-5-13(20)14(21)7-11/h3-7,10,17,24,27H,1-2H3/t10-,17-/m1/s1. The second-order valence-corrected chi connectivity index (χ2v) is 7.34. The Morgan fingerprint density at radius 3 is 2.54 bits per heavy atom. The van der Waals surface area contributed by atoms with E-state index in [1.807, 2.05) is 6.07 Å². The molecular weight excluding hydrogens is 423 g/mol. The molecule has 0 aliphatic heterocycles. The molecule has 2 N–H and O–H groups in total. The number of aliphatic hydroxyl groups excluding tert-OH is 1. The summed E-state index contributed by atoms with van der Waals surface area (Å²) in [5, 5.41) is 31.7. The van der Waals surface area contributed by atoms with Crippen LogP contribution in [0.15, 0.2) is 34.7 Å². The lowest BCUT2D eigenvalue weighted by molar-refractivity contribution is 0.159. The number of hydrogen-bond acceptors (Lipinski definition) is 6. The molecule has 144 valence electrons. The van der Waals surface area contributed by atoms with Crippen LogP contribution in [0.4, 0.5) is 5.69 Å². The van der Waals surface area contributed by atoms with Gasteiger partial charge in [0.25, 0.3) is 0 Å². The molecule has 28 heavy (non-hydrogen) atoms. The molecule has 2 atom stereocenters. The van der Waals surface area contributed by atoms with E-state index < -0.39 is 12.1 Å². The Bertz CT molecular complexity index is 1060. The Labute approximate surface area is 176 Å². The summed E-state index contributed by atoms with van der Waals surface area (Å²) in [7, 11) is 0. The van der Waals surface area contributed by atoms with Gasteiger partial charge in [0.05, 0.1) is 26.7 Å². The quantitative estimate of drug-likeness (QED) is 0.554. The summed E-state index contributed by atoms with van der Waals surface area (Å²) in [6.07, 6.45) is -0.851. The summed E-state index contributed by atoms with van der Waals surface area (Å²) >= 11 is 18.2. The normalized spacial score (nSPS) is 13.0. The molecule has 0 saturated carbocycles. The lowest BCUT2D eigenvalue weighted by atomic mass is 10.1. The van der Waals surface area contributed by atoms with Gasteiger partial charge in [-0.1, -0.05) is 34.8 Å². The van der Waals surface area contributed by atoms with Crippen LogP contribution < -0.4 is 5.32 Å². The highest BCUT2D eigenvalue weighted by molar-refractivity contribution is 6.42. The van der Waals surface area contributed by atoms with Gasteiger partial charge >= 0.3 is 0 Å². The number of halogens is 3. The van der Waals surface area contributed by atoms with E-state index >= 15 is 0 Å². The second kappa shape index (κ2) is 8.38. The third-order valence-corrected chi connectivity index (χ3v) is 5.40. The maximum atomic E-state index is 10.2. The minimum Gasteiger partial charge on any atom is -0.418 e. The van der Waals surface area contributed by atoms with Crippen molar-refractivity contribution in [2.45, 2.75) is 26.0 Å². The zero-order chi connectivity index (χ0) is 20.4. The van der Waals surface area contributed by atoms with Gasteiger partial charge in [-0.15, -0.1) is 10.2 Å². The van der Waals surface area contributed by atoms with Gasteiger partial charge in [-0.05, 0) is 49.7 Å². The molecule has 1 heterocycles. The zero-order valence-electron chi connectivity index (χ0n) is 14.9. The van der Waals surface area contributed by atoms with Crippen molar-refractivity contribution in [2.24, 2.45) is 0 Å². The smallest absolute Gasteiger partial charge is 0.247 e. The number of hydrogen-bond donors (Lipinski definition) is 2. The van der Waals surface area contributed by atoms with Crippen LogP contribution in [0.25, 0.3) is 11.5 Å². The van der Waals surface area contributed by atoms with Crippen LogP contribution in [0, 0.1) is 18.3 Å². The van der Waals surface area contributed by atoms with Gasteiger partial charge in [-0.3, -0.25) is 0 Å². The monoisotopic (exact) mass is 436 g/mol. The summed E-state index contributed by atoms with van der Waals surface area (Å²) in [6, 6.07) is 9.62. The average Bonchev–Trinajstić information content (AvgIpc) is 3.14. The number of nitrogens with zero attached hydrogens (tertiary/aromatic N) is 3. The SMILES string of the molecule is Cc1c(N[C@@H](c2nnc(-c3ccc(Cl)c(Cl)c3)o2)[C@@H](C)O)ccc(C#N)c1Cl. The molecule has 3 aromatic rings. The number of nitrogens with one attached hydrogen (secondary N) is 1. The van der Waals surface area contributed by atoms with E-state index in [4.69, 9.17) is 44.5 Å². The molecular formula is C19H15Cl3N4O2. The number of benzene rings is 2. The number of anilines is 1. The van der Waals surface area contributed by atoms with Crippen molar-refractivity contribution < 1.29 is 9.52 Å². The van der Waals surface area contributed by atoms with Gasteiger partial charge in [0, 0.05) is 11.3 Å². The predicted molar refractivity (Wildman–Crippen MR) is 109 cm³/mol. The van der Waals surface area contributed by atoms with E-state index in [0.717, 1.165) is 0 Å². The molecule has 0 unspecified atom stereocenters. The molecule has 0 saturated heterocycles. The fraction of sp³-hybridized carbons (Fsp3) is 0.211. The van der Waals surface area contributed by atoms with Gasteiger partial charge in [-0.2, -0.15) is 5.26 Å². The molecule has 1 aromatic heterocycles. The lowest BCUT2D eigenvalue weighted by Gasteiger charge is -2.21. The molecule has 0 aliphatic rings. The maximum Gasteiger partial charge on any atom is 0.247 e. The minimum atomic E-state index is -0.851. The van der Waals surface area contributed by atoms with E-state index in [0.29, 0.717) is 37.4 Å². The molecule has 0 aliphatic carbocycles. The van der Waals surface area contributed by atoms with Crippen LogP contribution in [-0.4, -0.2) is 21.4 Å². The van der Waals surface area contributed by atoms with Crippen LogP contribution in [0.2, 0.25) is 15.1 Å². The highest BCUT2D eigenvalue weighted by Gasteiger charge is 2.25. The van der Waals surface area contributed by atoms with E-state index in [1.165, 1.54) is 0 Å². The summed E-state index contributed by atoms with van der Waals surface area (Å²) in [6.45, 7) is 3.38. The minimum absolute atomic E-state index is 0.191. The fourth-order valence-corrected chi connectivity index (χ4v) is 3.10. The summed E-state index contributed by atoms with van der Waals surface area (Å²) in [5.74, 6) is 0.437. The maximum absolute atomic E-state index is 10.2. The summed E-state index contributed by atoms with van der Waals surface area (Å²) in [4.78, 5) is 0. The van der Waals surface area contributed by atoms with E-state index in [2.05, 4.69) is 15.5 Å². The van der Waals surface area contributed by atoms with Crippen molar-refractivity contribution in [1.29, 1.82) is 5.26 Å². The Morgan fingerprint density at radius 1 is 1.14 bits per heavy atom. The first-order valence-corrected chi connectivity index (χ1v) is 9.37. The van der Waals surface area contributed by atoms with Crippen molar-refractivity contribution in [3.63, 3.8) is 0 Å². The number of aromatic nitrogens is 2. The van der Waals surface area contributed by atoms with Crippen LogP contribution in [0.3, 0.4) is 0 Å². The lowest BCUT2D eigenvalue weighted by Crippen LogP contribution is -2.23. The third-order valence-electron chi connectivity index (χ3n) is 4.17. The first-order chi connectivity index (χ1) is 13.3. The Kier molecular flexibility index (Phi) is 6.11. The largest absolute Gasteiger partial charge is 0.418 e. The number of aliphatic hydroxyl groups is 1. The van der Waals surface area contributed by atoms with Crippen molar-refractivity contribution in [3.05, 3.63) is 62.4 Å². The average molecular weight is 438 g/mol. The molecule has 9 heteroatoms. The van der Waals surface area contributed by atoms with E-state index in [-0.39, 0.29) is 11.8 Å². The van der Waals surface area contributed by atoms with Gasteiger partial charge in [0.1, 0.15) is 12.1 Å². The van der Waals surface area contributed by atoms with Crippen molar-refractivity contribution in [1.82, 2.24) is 10.2 Å². The first-order valence-electron chi connectivity index (χ1n) is 8.24. The molecule has 0 amide bonds. The van der Waals surface area contributed by atoms with E-state index in [9.17, 15) is 5.11 Å². The zero-order valence-corrected chi connectivity index (χ0v) is 17.1. The Morgan fingerprint density at radius 2 is 1.89 bits per heavy atom. The Balaban J connectivity index is 1.92. The van der Waals surface area contributed by atoms with Gasteiger partial charge in [0.15, 0.2) is 0 Å². The van der Waals surface area contributed by atoms with Gasteiger partial charge in [0.2, 0.25) is 11.8 Å². The second-order valence-electron chi connectivity index (χ2n) is 6.15. The molecule has 2 aromatic carbocycles. The van der Waals surface area contributed by atoms with Gasteiger partial charge in [-0.25, -0.2) is 0 Å². The summed E-state index contributed by atoms with van der Waals surface area (Å²) < 4.78 is 5.74. The molecule has 3 rings (SSSR count). The van der Waals surface area contributed by atoms with Crippen LogP contribution in [0.1, 0.15) is 30.0 Å². The predicted octanol–water partition coefficient (Wildman–Crippen LogP) is 5.41. The molecule has 0 bridgehead atoms. The Hall–Kier alpha value is -2.30. The molecule has 0 spiro atoms. The van der Waals surface area contributed by atoms with E-state index in [1.54, 1.807) is 44.2 Å². The topological polar surface area (TPSA) is 95.0 Å². The van der Waals surface area contributed by atoms with Gasteiger partial charge < -0.3 is 14.8 Å². The van der Waals surface area contributed by atoms with Crippen molar-refractivity contribution >= 4 is 40.5 Å². The number of rotatable bonds is 5. The molecule has 6 nitrogen and oxygen atoms in total. The van der Waals surface area contributed by atoms with Crippen LogP contribution >= 0.6 is 34.8 Å². The first kappa shape index (κ1) is 20.4.